The second-order valence-electron chi connectivity index (χ2n) is 7.85. The van der Waals surface area contributed by atoms with Crippen molar-refractivity contribution >= 4 is 27.9 Å². The predicted molar refractivity (Wildman–Crippen MR) is 118 cm³/mol. The zero-order chi connectivity index (χ0) is 20.1. The molecule has 0 aliphatic rings. The monoisotopic (exact) mass is 484 g/mol. The van der Waals surface area contributed by atoms with Crippen LogP contribution in [-0.4, -0.2) is 37.1 Å². The summed E-state index contributed by atoms with van der Waals surface area (Å²) in [7, 11) is 0. The molecule has 1 atom stereocenters. The van der Waals surface area contributed by atoms with E-state index in [-0.39, 0.29) is 12.1 Å². The van der Waals surface area contributed by atoms with Crippen LogP contribution < -0.4 is 8.32 Å². The number of ether oxygens (including phenoxy) is 2. The average molecular weight is 483 g/mol. The van der Waals surface area contributed by atoms with E-state index in [4.69, 9.17) is 9.47 Å². The molecule has 1 aromatic rings. The fraction of sp³-hybridized carbons (Fsp3) is 0.696. The number of carbonyl (C=O) groups is 1. The van der Waals surface area contributed by atoms with Crippen LogP contribution in [0, 0.1) is 0 Å². The maximum absolute atomic E-state index is 11.0. The molecule has 1 rings (SSSR count). The number of hydrogen-bond acceptors (Lipinski definition) is 3. The Labute approximate surface area is 171 Å². The van der Waals surface area contributed by atoms with Crippen LogP contribution in [0.5, 0.6) is 5.75 Å². The summed E-state index contributed by atoms with van der Waals surface area (Å²) >= 11 is -2.34. The van der Waals surface area contributed by atoms with E-state index in [1.54, 1.807) is 3.58 Å². The van der Waals surface area contributed by atoms with Crippen molar-refractivity contribution in [2.75, 3.05) is 6.61 Å². The third-order valence-corrected chi connectivity index (χ3v) is 21.0. The van der Waals surface area contributed by atoms with Crippen LogP contribution in [0.3, 0.4) is 0 Å². The molecule has 0 aliphatic heterocycles. The van der Waals surface area contributed by atoms with Crippen molar-refractivity contribution in [3.8, 4) is 5.75 Å². The van der Waals surface area contributed by atoms with Gasteiger partial charge >= 0.3 is 171 Å². The molecule has 0 fully saturated rings. The molecule has 0 aliphatic carbocycles. The van der Waals surface area contributed by atoms with Gasteiger partial charge in [-0.25, -0.2) is 0 Å². The number of rotatable bonds is 14. The summed E-state index contributed by atoms with van der Waals surface area (Å²) in [4.78, 5) is 11.0. The average Bonchev–Trinajstić information content (AvgIpc) is 2.66. The number of hydrogen-bond donors (Lipinski definition) is 0. The Morgan fingerprint density at radius 1 is 0.926 bits per heavy atom. The van der Waals surface area contributed by atoms with Gasteiger partial charge in [0.2, 0.25) is 0 Å². The van der Waals surface area contributed by atoms with Gasteiger partial charge in [-0.2, -0.15) is 0 Å². The van der Waals surface area contributed by atoms with Gasteiger partial charge in [0.15, 0.2) is 0 Å². The van der Waals surface area contributed by atoms with E-state index >= 15 is 0 Å². The van der Waals surface area contributed by atoms with Crippen LogP contribution in [-0.2, 0) is 9.53 Å². The van der Waals surface area contributed by atoms with Crippen molar-refractivity contribution in [3.05, 3.63) is 24.3 Å². The fourth-order valence-corrected chi connectivity index (χ4v) is 19.7. The summed E-state index contributed by atoms with van der Waals surface area (Å²) < 4.78 is 17.1. The second-order valence-corrected chi connectivity index (χ2v) is 21.1. The third-order valence-electron chi connectivity index (χ3n) is 5.35. The van der Waals surface area contributed by atoms with Crippen molar-refractivity contribution in [3.63, 3.8) is 0 Å². The van der Waals surface area contributed by atoms with E-state index in [1.807, 2.05) is 6.92 Å². The zero-order valence-corrected chi connectivity index (χ0v) is 21.0. The minimum absolute atomic E-state index is 0.223. The van der Waals surface area contributed by atoms with Crippen molar-refractivity contribution in [2.24, 2.45) is 0 Å². The van der Waals surface area contributed by atoms with Gasteiger partial charge in [0.1, 0.15) is 0 Å². The molecule has 0 N–H and O–H groups in total. The van der Waals surface area contributed by atoms with Crippen molar-refractivity contribution in [1.82, 2.24) is 0 Å². The summed E-state index contributed by atoms with van der Waals surface area (Å²) in [5, 5.41) is 0. The van der Waals surface area contributed by atoms with Gasteiger partial charge < -0.3 is 0 Å². The Morgan fingerprint density at radius 2 is 1.41 bits per heavy atom. The maximum atomic E-state index is 11.0. The molecule has 3 nitrogen and oxygen atoms in total. The Kier molecular flexibility index (Phi) is 12.1. The summed E-state index contributed by atoms with van der Waals surface area (Å²) in [5.41, 5.74) is 0. The standard InChI is InChI=1S/C11H13O3.3C4H9.Sn/c1-9(14-10(2)12)8-13-11-6-4-3-5-7-11;3*1-3-4-2;/h4-7,9H,8H2,1-2H3;3*1,3-4H2,2H3;. The number of esters is 1. The summed E-state index contributed by atoms with van der Waals surface area (Å²) in [5.74, 6) is 0.613. The van der Waals surface area contributed by atoms with Crippen LogP contribution in [0.2, 0.25) is 13.3 Å². The molecule has 0 radical (unpaired) electrons. The zero-order valence-electron chi connectivity index (χ0n) is 18.2. The van der Waals surface area contributed by atoms with E-state index in [1.165, 1.54) is 58.8 Å². The quantitative estimate of drug-likeness (QED) is 0.238. The van der Waals surface area contributed by atoms with E-state index < -0.39 is 18.4 Å². The molecule has 0 spiro atoms. The van der Waals surface area contributed by atoms with E-state index in [9.17, 15) is 4.79 Å². The molecular weight excluding hydrogens is 443 g/mol. The third kappa shape index (κ3) is 8.89. The van der Waals surface area contributed by atoms with Gasteiger partial charge in [-0.1, -0.05) is 0 Å². The molecule has 0 heterocycles. The summed E-state index contributed by atoms with van der Waals surface area (Å²) in [6.45, 7) is 10.6. The minimum atomic E-state index is -2.34. The van der Waals surface area contributed by atoms with E-state index in [0.717, 1.165) is 5.75 Å². The molecule has 0 saturated carbocycles. The van der Waals surface area contributed by atoms with Gasteiger partial charge in [0.05, 0.1) is 0 Å². The number of unbranched alkanes of at least 4 members (excludes halogenated alkanes) is 3. The first-order chi connectivity index (χ1) is 13.0. The first-order valence-electron chi connectivity index (χ1n) is 10.9. The van der Waals surface area contributed by atoms with Crippen LogP contribution >= 0.6 is 0 Å². The van der Waals surface area contributed by atoms with Gasteiger partial charge in [-0.15, -0.1) is 0 Å². The topological polar surface area (TPSA) is 35.5 Å². The normalized spacial score (nSPS) is 12.6. The molecule has 0 amide bonds. The molecule has 0 bridgehead atoms. The van der Waals surface area contributed by atoms with E-state index in [0.29, 0.717) is 6.61 Å². The van der Waals surface area contributed by atoms with Crippen molar-refractivity contribution < 1.29 is 14.3 Å². The Hall–Kier alpha value is -0.711. The van der Waals surface area contributed by atoms with Gasteiger partial charge in [-0.05, 0) is 0 Å². The fourth-order valence-electron chi connectivity index (χ4n) is 3.79. The molecule has 1 aromatic carbocycles. The van der Waals surface area contributed by atoms with Gasteiger partial charge in [0.25, 0.3) is 0 Å². The van der Waals surface area contributed by atoms with Crippen molar-refractivity contribution in [1.29, 1.82) is 0 Å². The predicted octanol–water partition coefficient (Wildman–Crippen LogP) is 6.07. The van der Waals surface area contributed by atoms with Gasteiger partial charge in [-0.3, -0.25) is 0 Å². The van der Waals surface area contributed by atoms with Gasteiger partial charge in [0, 0.05) is 0 Å². The Morgan fingerprint density at radius 3 is 1.81 bits per heavy atom. The van der Waals surface area contributed by atoms with Crippen LogP contribution in [0.4, 0.5) is 0 Å². The first kappa shape index (κ1) is 24.3. The molecule has 4 heteroatoms. The molecule has 27 heavy (non-hydrogen) atoms. The summed E-state index contributed by atoms with van der Waals surface area (Å²) in [6.07, 6.45) is 7.80. The Bertz CT molecular complexity index is 505. The molecule has 154 valence electrons. The molecule has 1 unspecified atom stereocenters. The summed E-state index contributed by atoms with van der Waals surface area (Å²) in [6, 6.07) is 8.96. The van der Waals surface area contributed by atoms with Crippen molar-refractivity contribution in [2.45, 2.75) is 92.6 Å². The van der Waals surface area contributed by atoms with Crippen LogP contribution in [0.15, 0.2) is 24.3 Å². The molecule has 0 saturated heterocycles. The van der Waals surface area contributed by atoms with Crippen LogP contribution in [0.25, 0.3) is 0 Å². The molecular formula is C23H40O3Sn. The second kappa shape index (κ2) is 13.5. The Balaban J connectivity index is 2.89. The van der Waals surface area contributed by atoms with E-state index in [2.05, 4.69) is 45.0 Å². The molecule has 0 aromatic heterocycles. The SMILES string of the molecule is CCC[CH2][Sn]([CH2]CCC)([CH2]CCC)[c]1ccc(OCC(C)OC(C)=O)cc1. The first-order valence-corrected chi connectivity index (χ1v) is 18.4. The number of benzene rings is 1. The van der Waals surface area contributed by atoms with Crippen LogP contribution in [0.1, 0.15) is 73.1 Å². The number of carbonyl (C=O) groups excluding carboxylic acids is 1.